The van der Waals surface area contributed by atoms with E-state index in [1.54, 1.807) is 5.57 Å². The van der Waals surface area contributed by atoms with Crippen LogP contribution in [0.15, 0.2) is 11.6 Å². The fraction of sp³-hybridized carbons (Fsp3) is 0.914. The SMILES string of the molecule is CC(C)CCC[C@@H](C)[C@H]1CC[C@H]2[C@@H]3CC=C4C[C@@H](OC(=O)NCCCNCCCCN)CC[C@]4(C)[C@H]3CC[C@]12C. The van der Waals surface area contributed by atoms with Gasteiger partial charge in [0.2, 0.25) is 0 Å². The lowest BCUT2D eigenvalue weighted by molar-refractivity contribution is -0.0581. The number of carbonyl (C=O) groups excluding carboxylic acids is 1. The van der Waals surface area contributed by atoms with Gasteiger partial charge in [-0.2, -0.15) is 0 Å². The first-order valence-electron chi connectivity index (χ1n) is 17.2. The molecule has 0 saturated heterocycles. The molecule has 0 unspecified atom stereocenters. The zero-order chi connectivity index (χ0) is 28.8. The molecular formula is C35H63N3O2. The Balaban J connectivity index is 1.26. The van der Waals surface area contributed by atoms with E-state index in [1.165, 1.54) is 57.8 Å². The molecule has 0 radical (unpaired) electrons. The topological polar surface area (TPSA) is 76.4 Å². The molecule has 4 rings (SSSR count). The van der Waals surface area contributed by atoms with Crippen molar-refractivity contribution in [1.29, 1.82) is 0 Å². The van der Waals surface area contributed by atoms with Crippen LogP contribution in [0.1, 0.15) is 125 Å². The van der Waals surface area contributed by atoms with Crippen LogP contribution < -0.4 is 16.4 Å². The van der Waals surface area contributed by atoms with Crippen LogP contribution in [0.4, 0.5) is 4.79 Å². The Bertz CT molecular complexity index is 842. The van der Waals surface area contributed by atoms with Gasteiger partial charge in [0, 0.05) is 13.0 Å². The molecule has 3 saturated carbocycles. The number of carbonyl (C=O) groups is 1. The summed E-state index contributed by atoms with van der Waals surface area (Å²) in [7, 11) is 0. The molecule has 0 aromatic carbocycles. The van der Waals surface area contributed by atoms with Gasteiger partial charge in [0.05, 0.1) is 0 Å². The molecule has 0 aromatic heterocycles. The molecule has 8 atom stereocenters. The predicted octanol–water partition coefficient (Wildman–Crippen LogP) is 7.84. The molecule has 1 amide bonds. The summed E-state index contributed by atoms with van der Waals surface area (Å²) in [5.41, 5.74) is 7.98. The number of rotatable bonds is 14. The van der Waals surface area contributed by atoms with Crippen LogP contribution in [0.25, 0.3) is 0 Å². The van der Waals surface area contributed by atoms with Crippen LogP contribution in [0, 0.1) is 46.3 Å². The summed E-state index contributed by atoms with van der Waals surface area (Å²) in [6.07, 6.45) is 19.8. The molecule has 0 aromatic rings. The summed E-state index contributed by atoms with van der Waals surface area (Å²) in [6, 6.07) is 0. The first-order chi connectivity index (χ1) is 19.2. The Hall–Kier alpha value is -1.07. The zero-order valence-electron chi connectivity index (χ0n) is 26.7. The third kappa shape index (κ3) is 7.28. The molecular weight excluding hydrogens is 494 g/mol. The first kappa shape index (κ1) is 31.9. The Morgan fingerprint density at radius 2 is 1.77 bits per heavy atom. The van der Waals surface area contributed by atoms with Gasteiger partial charge in [-0.3, -0.25) is 0 Å². The number of ether oxygens (including phenoxy) is 1. The highest BCUT2D eigenvalue weighted by Gasteiger charge is 2.59. The second-order valence-corrected chi connectivity index (χ2v) is 15.1. The molecule has 3 fully saturated rings. The number of alkyl carbamates (subject to hydrolysis) is 1. The molecule has 5 heteroatoms. The second kappa shape index (κ2) is 14.4. The average Bonchev–Trinajstić information content (AvgIpc) is 3.27. The third-order valence-electron chi connectivity index (χ3n) is 12.1. The van der Waals surface area contributed by atoms with E-state index < -0.39 is 0 Å². The summed E-state index contributed by atoms with van der Waals surface area (Å²) in [5.74, 6) is 5.18. The van der Waals surface area contributed by atoms with Crippen molar-refractivity contribution in [2.24, 2.45) is 52.1 Å². The van der Waals surface area contributed by atoms with Crippen LogP contribution in [-0.2, 0) is 4.74 Å². The Labute approximate surface area is 246 Å². The van der Waals surface area contributed by atoms with Crippen LogP contribution in [0.3, 0.4) is 0 Å². The summed E-state index contributed by atoms with van der Waals surface area (Å²) < 4.78 is 5.93. The van der Waals surface area contributed by atoms with Gasteiger partial charge >= 0.3 is 6.09 Å². The van der Waals surface area contributed by atoms with Crippen molar-refractivity contribution in [3.05, 3.63) is 11.6 Å². The van der Waals surface area contributed by atoms with Gasteiger partial charge in [0.15, 0.2) is 0 Å². The number of allylic oxidation sites excluding steroid dienone is 1. The maximum Gasteiger partial charge on any atom is 0.407 e. The van der Waals surface area contributed by atoms with Crippen molar-refractivity contribution in [3.8, 4) is 0 Å². The number of fused-ring (bicyclic) bond motifs is 5. The highest BCUT2D eigenvalue weighted by atomic mass is 16.6. The summed E-state index contributed by atoms with van der Waals surface area (Å²) in [5, 5.41) is 6.39. The third-order valence-corrected chi connectivity index (χ3v) is 12.1. The minimum Gasteiger partial charge on any atom is -0.446 e. The van der Waals surface area contributed by atoms with E-state index in [9.17, 15) is 4.79 Å². The van der Waals surface area contributed by atoms with Crippen LogP contribution >= 0.6 is 0 Å². The van der Waals surface area contributed by atoms with Crippen molar-refractivity contribution in [3.63, 3.8) is 0 Å². The Kier molecular flexibility index (Phi) is 11.5. The standard InChI is InChI=1S/C35H63N3O2/c1-25(2)10-8-11-26(3)30-14-15-31-29-13-12-27-24-28(16-18-34(27,4)32(29)17-19-35(30,31)5)40-33(39)38-23-9-22-37-21-7-6-20-36/h12,25-26,28-32,37H,6-11,13-24,36H2,1-5H3,(H,38,39)/t26-,28+,29+,30-,31+,32+,34+,35-/m1/s1. The van der Waals surface area contributed by atoms with Gasteiger partial charge in [-0.05, 0) is 130 Å². The summed E-state index contributed by atoms with van der Waals surface area (Å²) >= 11 is 0. The summed E-state index contributed by atoms with van der Waals surface area (Å²) in [6.45, 7) is 15.9. The molecule has 0 aliphatic heterocycles. The average molecular weight is 558 g/mol. The quantitative estimate of drug-likeness (QED) is 0.150. The molecule has 4 aliphatic carbocycles. The van der Waals surface area contributed by atoms with Crippen molar-refractivity contribution in [2.45, 2.75) is 131 Å². The van der Waals surface area contributed by atoms with Crippen LogP contribution in [0.5, 0.6) is 0 Å². The number of hydrogen-bond acceptors (Lipinski definition) is 4. The highest BCUT2D eigenvalue weighted by molar-refractivity contribution is 5.67. The normalized spacial score (nSPS) is 35.9. The minimum absolute atomic E-state index is 0.0293. The van der Waals surface area contributed by atoms with Crippen LogP contribution in [-0.4, -0.2) is 38.4 Å². The van der Waals surface area contributed by atoms with Crippen molar-refractivity contribution >= 4 is 6.09 Å². The van der Waals surface area contributed by atoms with Crippen molar-refractivity contribution in [1.82, 2.24) is 10.6 Å². The van der Waals surface area contributed by atoms with Gasteiger partial charge < -0.3 is 21.1 Å². The second-order valence-electron chi connectivity index (χ2n) is 15.1. The van der Waals surface area contributed by atoms with E-state index in [4.69, 9.17) is 10.5 Å². The lowest BCUT2D eigenvalue weighted by atomic mass is 9.47. The Morgan fingerprint density at radius 1 is 0.975 bits per heavy atom. The van der Waals surface area contributed by atoms with Gasteiger partial charge in [-0.15, -0.1) is 0 Å². The fourth-order valence-electron chi connectivity index (χ4n) is 9.87. The number of amides is 1. The van der Waals surface area contributed by atoms with Crippen molar-refractivity contribution < 1.29 is 9.53 Å². The largest absolute Gasteiger partial charge is 0.446 e. The molecule has 230 valence electrons. The fourth-order valence-corrected chi connectivity index (χ4v) is 9.87. The number of unbranched alkanes of at least 4 members (excludes halogenated alkanes) is 1. The van der Waals surface area contributed by atoms with Crippen LogP contribution in [0.2, 0.25) is 0 Å². The first-order valence-corrected chi connectivity index (χ1v) is 17.2. The maximum absolute atomic E-state index is 12.5. The van der Waals surface area contributed by atoms with Gasteiger partial charge in [-0.25, -0.2) is 4.79 Å². The molecule has 4 aliphatic rings. The number of nitrogens with one attached hydrogen (secondary N) is 2. The molecule has 5 nitrogen and oxygen atoms in total. The van der Waals surface area contributed by atoms with Gasteiger partial charge in [0.25, 0.3) is 0 Å². The smallest absolute Gasteiger partial charge is 0.407 e. The number of hydrogen-bond donors (Lipinski definition) is 3. The lowest BCUT2D eigenvalue weighted by Crippen LogP contribution is -2.51. The van der Waals surface area contributed by atoms with E-state index in [0.717, 1.165) is 87.2 Å². The molecule has 0 heterocycles. The molecule has 0 bridgehead atoms. The van der Waals surface area contributed by atoms with E-state index in [0.29, 0.717) is 17.4 Å². The monoisotopic (exact) mass is 557 g/mol. The van der Waals surface area contributed by atoms with E-state index in [-0.39, 0.29) is 12.2 Å². The van der Waals surface area contributed by atoms with Gasteiger partial charge in [-0.1, -0.05) is 65.5 Å². The Morgan fingerprint density at radius 3 is 2.55 bits per heavy atom. The van der Waals surface area contributed by atoms with E-state index in [1.807, 2.05) is 0 Å². The molecule has 4 N–H and O–H groups in total. The van der Waals surface area contributed by atoms with Gasteiger partial charge in [0.1, 0.15) is 6.10 Å². The summed E-state index contributed by atoms with van der Waals surface area (Å²) in [4.78, 5) is 12.5. The maximum atomic E-state index is 12.5. The number of nitrogens with two attached hydrogens (primary N) is 1. The predicted molar refractivity (Wildman–Crippen MR) is 167 cm³/mol. The zero-order valence-corrected chi connectivity index (χ0v) is 26.7. The lowest BCUT2D eigenvalue weighted by Gasteiger charge is -2.58. The highest BCUT2D eigenvalue weighted by Crippen LogP contribution is 2.67. The van der Waals surface area contributed by atoms with E-state index >= 15 is 0 Å². The molecule has 40 heavy (non-hydrogen) atoms. The van der Waals surface area contributed by atoms with E-state index in [2.05, 4.69) is 51.3 Å². The van der Waals surface area contributed by atoms with Crippen molar-refractivity contribution in [2.75, 3.05) is 26.2 Å². The molecule has 0 spiro atoms. The minimum atomic E-state index is -0.237.